The van der Waals surface area contributed by atoms with Crippen LogP contribution in [0.25, 0.3) is 0 Å². The van der Waals surface area contributed by atoms with Gasteiger partial charge >= 0.3 is 0 Å². The van der Waals surface area contributed by atoms with Crippen LogP contribution in [0, 0.1) is 11.6 Å². The fourth-order valence-corrected chi connectivity index (χ4v) is 4.61. The van der Waals surface area contributed by atoms with Crippen molar-refractivity contribution in [3.8, 4) is 5.75 Å². The Morgan fingerprint density at radius 3 is 2.48 bits per heavy atom. The molecule has 4 rings (SSSR count). The monoisotopic (exact) mass is 456 g/mol. The van der Waals surface area contributed by atoms with Crippen LogP contribution >= 0.6 is 28.6 Å². The van der Waals surface area contributed by atoms with Crippen LogP contribution in [0.4, 0.5) is 20.2 Å². The summed E-state index contributed by atoms with van der Waals surface area (Å²) in [5.41, 5.74) is 8.28. The van der Waals surface area contributed by atoms with Crippen molar-refractivity contribution in [2.24, 2.45) is 0 Å². The third-order valence-electron chi connectivity index (χ3n) is 4.95. The summed E-state index contributed by atoms with van der Waals surface area (Å²) in [6.07, 6.45) is 4.14. The SMILES string of the molecule is COc1c(F)cc(F)cc1S.Nc1cc(Br)c2c(c1)C1(CCCC1)C(=O)N2. The minimum Gasteiger partial charge on any atom is -0.493 e. The molecule has 27 heavy (non-hydrogen) atoms. The fourth-order valence-electron chi connectivity index (χ4n) is 3.71. The Hall–Kier alpha value is -1.80. The van der Waals surface area contributed by atoms with E-state index in [0.717, 1.165) is 53.5 Å². The van der Waals surface area contributed by atoms with Crippen molar-refractivity contribution in [2.45, 2.75) is 36.0 Å². The highest BCUT2D eigenvalue weighted by Gasteiger charge is 2.49. The lowest BCUT2D eigenvalue weighted by Gasteiger charge is -2.20. The van der Waals surface area contributed by atoms with E-state index in [2.05, 4.69) is 38.6 Å². The molecule has 1 aliphatic carbocycles. The van der Waals surface area contributed by atoms with Crippen molar-refractivity contribution in [1.82, 2.24) is 0 Å². The van der Waals surface area contributed by atoms with Crippen LogP contribution in [0.1, 0.15) is 31.2 Å². The van der Waals surface area contributed by atoms with Crippen molar-refractivity contribution in [2.75, 3.05) is 18.2 Å². The molecule has 1 fully saturated rings. The van der Waals surface area contributed by atoms with Crippen molar-refractivity contribution in [3.05, 3.63) is 45.9 Å². The number of hydrogen-bond donors (Lipinski definition) is 3. The number of hydrogen-bond acceptors (Lipinski definition) is 4. The molecule has 0 atom stereocenters. The first kappa shape index (κ1) is 19.9. The van der Waals surface area contributed by atoms with Crippen LogP contribution in [0.15, 0.2) is 33.6 Å². The van der Waals surface area contributed by atoms with Gasteiger partial charge in [0, 0.05) is 16.2 Å². The molecule has 3 N–H and O–H groups in total. The number of amides is 1. The van der Waals surface area contributed by atoms with Crippen molar-refractivity contribution < 1.29 is 18.3 Å². The second kappa shape index (κ2) is 7.67. The number of benzene rings is 2. The molecule has 0 radical (unpaired) electrons. The molecule has 1 aliphatic heterocycles. The van der Waals surface area contributed by atoms with E-state index in [1.165, 1.54) is 7.11 Å². The average Bonchev–Trinajstić information content (AvgIpc) is 3.17. The van der Waals surface area contributed by atoms with Gasteiger partial charge in [-0.1, -0.05) is 12.8 Å². The van der Waals surface area contributed by atoms with Crippen LogP contribution < -0.4 is 15.8 Å². The number of carbonyl (C=O) groups is 1. The molecule has 2 aliphatic rings. The van der Waals surface area contributed by atoms with Gasteiger partial charge in [-0.3, -0.25) is 4.79 Å². The summed E-state index contributed by atoms with van der Waals surface area (Å²) < 4.78 is 30.6. The van der Waals surface area contributed by atoms with E-state index in [4.69, 9.17) is 5.73 Å². The second-order valence-corrected chi connectivity index (χ2v) is 7.94. The number of fused-ring (bicyclic) bond motifs is 2. The predicted molar refractivity (Wildman–Crippen MR) is 107 cm³/mol. The van der Waals surface area contributed by atoms with E-state index < -0.39 is 11.6 Å². The molecular weight excluding hydrogens is 438 g/mol. The molecule has 4 nitrogen and oxygen atoms in total. The lowest BCUT2D eigenvalue weighted by Crippen LogP contribution is -2.30. The molecule has 2 aromatic rings. The summed E-state index contributed by atoms with van der Waals surface area (Å²) in [6.45, 7) is 0. The van der Waals surface area contributed by atoms with E-state index >= 15 is 0 Å². The van der Waals surface area contributed by atoms with Gasteiger partial charge in [-0.2, -0.15) is 0 Å². The third kappa shape index (κ3) is 3.65. The van der Waals surface area contributed by atoms with Gasteiger partial charge in [0.25, 0.3) is 0 Å². The van der Waals surface area contributed by atoms with Crippen LogP contribution in [-0.4, -0.2) is 13.0 Å². The number of rotatable bonds is 1. The normalized spacial score (nSPS) is 16.6. The zero-order chi connectivity index (χ0) is 19.8. The molecule has 0 saturated heterocycles. The molecular formula is C19H19BrF2N2O2S. The maximum Gasteiger partial charge on any atom is 0.235 e. The number of nitrogens with two attached hydrogens (primary N) is 1. The van der Waals surface area contributed by atoms with Crippen molar-refractivity contribution in [1.29, 1.82) is 0 Å². The lowest BCUT2D eigenvalue weighted by molar-refractivity contribution is -0.120. The maximum atomic E-state index is 12.7. The lowest BCUT2D eigenvalue weighted by atomic mass is 9.80. The average molecular weight is 457 g/mol. The Balaban J connectivity index is 0.000000168. The maximum absolute atomic E-state index is 12.7. The van der Waals surface area contributed by atoms with E-state index in [0.29, 0.717) is 5.69 Å². The Labute approximate surface area is 170 Å². The first-order valence-electron chi connectivity index (χ1n) is 8.41. The fraction of sp³-hybridized carbons (Fsp3) is 0.316. The number of carbonyl (C=O) groups excluding carboxylic acids is 1. The molecule has 1 saturated carbocycles. The topological polar surface area (TPSA) is 64.3 Å². The van der Waals surface area contributed by atoms with Gasteiger partial charge in [0.15, 0.2) is 11.6 Å². The quantitative estimate of drug-likeness (QED) is 0.415. The standard InChI is InChI=1S/C12H13BrN2O.C7H6F2OS/c13-9-6-7(14)5-8-10(9)15-11(16)12(8)3-1-2-4-12;1-10-7-5(9)2-4(8)3-6(7)11/h5-6H,1-4,14H2,(H,15,16);2-3,11H,1H3. The summed E-state index contributed by atoms with van der Waals surface area (Å²) in [5, 5.41) is 2.98. The predicted octanol–water partition coefficient (Wildman–Crippen LogP) is 5.06. The Morgan fingerprint density at radius 2 is 1.89 bits per heavy atom. The number of thiol groups is 1. The first-order valence-corrected chi connectivity index (χ1v) is 9.65. The summed E-state index contributed by atoms with van der Waals surface area (Å²) in [7, 11) is 1.30. The van der Waals surface area contributed by atoms with Gasteiger partial charge in [-0.05, 0) is 52.5 Å². The molecule has 0 bridgehead atoms. The zero-order valence-electron chi connectivity index (χ0n) is 14.6. The van der Waals surface area contributed by atoms with E-state index in [1.807, 2.05) is 12.1 Å². The number of nitrogens with one attached hydrogen (secondary N) is 1. The summed E-state index contributed by atoms with van der Waals surface area (Å²) >= 11 is 7.27. The summed E-state index contributed by atoms with van der Waals surface area (Å²) in [4.78, 5) is 12.3. The number of nitrogen functional groups attached to an aromatic ring is 1. The molecule has 144 valence electrons. The minimum atomic E-state index is -0.738. The number of ether oxygens (including phenoxy) is 1. The minimum absolute atomic E-state index is 0.0327. The van der Waals surface area contributed by atoms with E-state index in [1.54, 1.807) is 0 Å². The summed E-state index contributed by atoms with van der Waals surface area (Å²) in [6, 6.07) is 5.62. The largest absolute Gasteiger partial charge is 0.493 e. The van der Waals surface area contributed by atoms with E-state index in [-0.39, 0.29) is 22.0 Å². The smallest absolute Gasteiger partial charge is 0.235 e. The molecule has 8 heteroatoms. The van der Waals surface area contributed by atoms with E-state index in [9.17, 15) is 13.6 Å². The number of halogens is 3. The molecule has 1 spiro atoms. The van der Waals surface area contributed by atoms with Gasteiger partial charge in [0.1, 0.15) is 5.82 Å². The number of methoxy groups -OCH3 is 1. The molecule has 1 amide bonds. The summed E-state index contributed by atoms with van der Waals surface area (Å²) in [5.74, 6) is -1.29. The van der Waals surface area contributed by atoms with Crippen LogP contribution in [-0.2, 0) is 10.2 Å². The van der Waals surface area contributed by atoms with Crippen LogP contribution in [0.5, 0.6) is 5.75 Å². The Kier molecular flexibility index (Phi) is 5.67. The van der Waals surface area contributed by atoms with Crippen LogP contribution in [0.2, 0.25) is 0 Å². The zero-order valence-corrected chi connectivity index (χ0v) is 17.1. The van der Waals surface area contributed by atoms with Gasteiger partial charge in [0.2, 0.25) is 5.91 Å². The molecule has 0 unspecified atom stereocenters. The number of anilines is 2. The van der Waals surface area contributed by atoms with Crippen LogP contribution in [0.3, 0.4) is 0 Å². The first-order chi connectivity index (χ1) is 12.8. The van der Waals surface area contributed by atoms with Crippen molar-refractivity contribution in [3.63, 3.8) is 0 Å². The Morgan fingerprint density at radius 1 is 1.22 bits per heavy atom. The molecule has 0 aromatic heterocycles. The van der Waals surface area contributed by atoms with Gasteiger partial charge < -0.3 is 15.8 Å². The second-order valence-electron chi connectivity index (χ2n) is 6.61. The van der Waals surface area contributed by atoms with Crippen molar-refractivity contribution >= 4 is 45.8 Å². The molecule has 1 heterocycles. The third-order valence-corrected chi connectivity index (χ3v) is 5.91. The highest BCUT2D eigenvalue weighted by atomic mass is 79.9. The highest BCUT2D eigenvalue weighted by Crippen LogP contribution is 2.51. The van der Waals surface area contributed by atoms with Gasteiger partial charge in [0.05, 0.1) is 23.1 Å². The van der Waals surface area contributed by atoms with Gasteiger partial charge in [-0.15, -0.1) is 12.6 Å². The molecule has 2 aromatic carbocycles. The Bertz CT molecular complexity index is 879. The van der Waals surface area contributed by atoms with Gasteiger partial charge in [-0.25, -0.2) is 8.78 Å². The highest BCUT2D eigenvalue weighted by molar-refractivity contribution is 9.10.